The first-order chi connectivity index (χ1) is 15.2. The van der Waals surface area contributed by atoms with E-state index in [0.717, 1.165) is 31.2 Å². The number of halogens is 1. The quantitative estimate of drug-likeness (QED) is 0.590. The summed E-state index contributed by atoms with van der Waals surface area (Å²) in [7, 11) is -3.84. The van der Waals surface area contributed by atoms with Crippen molar-refractivity contribution >= 4 is 21.6 Å². The van der Waals surface area contributed by atoms with Gasteiger partial charge in [-0.1, -0.05) is 35.9 Å². The highest BCUT2D eigenvalue weighted by Gasteiger charge is 2.37. The van der Waals surface area contributed by atoms with E-state index in [4.69, 9.17) is 22.5 Å². The number of sulfonamides is 1. The van der Waals surface area contributed by atoms with E-state index in [0.29, 0.717) is 22.8 Å². The average Bonchev–Trinajstić information content (AvgIpc) is 2.79. The van der Waals surface area contributed by atoms with Gasteiger partial charge in [0.15, 0.2) is 0 Å². The Morgan fingerprint density at radius 3 is 2.44 bits per heavy atom. The third kappa shape index (κ3) is 4.49. The van der Waals surface area contributed by atoms with Gasteiger partial charge >= 0.3 is 0 Å². The first kappa shape index (κ1) is 22.7. The summed E-state index contributed by atoms with van der Waals surface area (Å²) >= 11 is 6.20. The van der Waals surface area contributed by atoms with Crippen molar-refractivity contribution in [3.63, 3.8) is 0 Å². The molecule has 0 bridgehead atoms. The van der Waals surface area contributed by atoms with Crippen molar-refractivity contribution in [2.75, 3.05) is 6.54 Å². The fraction of sp³-hybridized carbons (Fsp3) is 0.304. The second-order valence-electron chi connectivity index (χ2n) is 8.30. The van der Waals surface area contributed by atoms with Crippen LogP contribution in [0.1, 0.15) is 37.3 Å². The van der Waals surface area contributed by atoms with Gasteiger partial charge in [0.2, 0.25) is 10.0 Å². The smallest absolute Gasteiger partial charge is 0.267 e. The molecule has 0 atom stereocenters. The fourth-order valence-electron chi connectivity index (χ4n) is 4.50. The lowest BCUT2D eigenvalue weighted by atomic mass is 9.68. The van der Waals surface area contributed by atoms with Gasteiger partial charge in [0.25, 0.3) is 5.56 Å². The summed E-state index contributed by atoms with van der Waals surface area (Å²) in [5.74, 6) is 0. The van der Waals surface area contributed by atoms with E-state index < -0.39 is 10.0 Å². The topological polar surface area (TPSA) is 121 Å². The maximum Gasteiger partial charge on any atom is 0.267 e. The number of aromatic nitrogens is 2. The summed E-state index contributed by atoms with van der Waals surface area (Å²) in [4.78, 5) is 12.6. The summed E-state index contributed by atoms with van der Waals surface area (Å²) in [5.41, 5.74) is 8.05. The lowest BCUT2D eigenvalue weighted by Gasteiger charge is -2.40. The summed E-state index contributed by atoms with van der Waals surface area (Å²) in [6.07, 6.45) is 3.12. The molecule has 0 amide bonds. The third-order valence-electron chi connectivity index (χ3n) is 6.37. The summed E-state index contributed by atoms with van der Waals surface area (Å²) in [5, 5.41) is 10.5. The van der Waals surface area contributed by atoms with E-state index >= 15 is 0 Å². The molecule has 2 aromatic carbocycles. The molecular formula is C23H25ClN4O3S. The standard InChI is InChI=1S/C23H25ClN4O3S/c24-18-5-2-4-17(14-18)23(15-25)11-9-19(10-12-23)28-22(29)8-7-21(27-28)16-3-1-6-20(13-16)32(26,30)31/h1-8,13-14,19H,9-12,15,25H2,(H2,26,30,31). The zero-order valence-corrected chi connectivity index (χ0v) is 19.0. The second kappa shape index (κ2) is 8.78. The van der Waals surface area contributed by atoms with E-state index in [1.807, 2.05) is 18.2 Å². The molecule has 1 aromatic heterocycles. The van der Waals surface area contributed by atoms with Crippen molar-refractivity contribution < 1.29 is 8.42 Å². The molecule has 7 nitrogen and oxygen atoms in total. The largest absolute Gasteiger partial charge is 0.330 e. The molecule has 0 unspecified atom stereocenters. The molecule has 9 heteroatoms. The molecule has 0 radical (unpaired) electrons. The molecule has 1 aliphatic carbocycles. The lowest BCUT2D eigenvalue weighted by molar-refractivity contribution is 0.222. The predicted octanol–water partition coefficient (Wildman–Crippen LogP) is 3.22. The third-order valence-corrected chi connectivity index (χ3v) is 7.52. The van der Waals surface area contributed by atoms with Crippen molar-refractivity contribution in [1.29, 1.82) is 0 Å². The molecule has 4 rings (SSSR count). The highest BCUT2D eigenvalue weighted by atomic mass is 35.5. The Kier molecular flexibility index (Phi) is 6.22. The van der Waals surface area contributed by atoms with Gasteiger partial charge in [-0.15, -0.1) is 0 Å². The van der Waals surface area contributed by atoms with Crippen LogP contribution in [0.2, 0.25) is 5.02 Å². The SMILES string of the molecule is NCC1(c2cccc(Cl)c2)CCC(n2nc(-c3cccc(S(N)(=O)=O)c3)ccc2=O)CC1. The Balaban J connectivity index is 1.62. The van der Waals surface area contributed by atoms with Gasteiger partial charge in [-0.3, -0.25) is 4.79 Å². The minimum atomic E-state index is -3.84. The molecule has 32 heavy (non-hydrogen) atoms. The van der Waals surface area contributed by atoms with E-state index in [9.17, 15) is 13.2 Å². The molecule has 1 fully saturated rings. The van der Waals surface area contributed by atoms with Gasteiger partial charge in [0.05, 0.1) is 16.6 Å². The molecule has 168 valence electrons. The zero-order valence-electron chi connectivity index (χ0n) is 17.4. The number of nitrogens with two attached hydrogens (primary N) is 2. The van der Waals surface area contributed by atoms with Crippen LogP contribution in [0.15, 0.2) is 70.4 Å². The molecule has 0 aliphatic heterocycles. The van der Waals surface area contributed by atoms with Crippen LogP contribution in [0.25, 0.3) is 11.3 Å². The van der Waals surface area contributed by atoms with Crippen LogP contribution in [-0.2, 0) is 15.4 Å². The van der Waals surface area contributed by atoms with Crippen LogP contribution in [-0.4, -0.2) is 24.7 Å². The zero-order chi connectivity index (χ0) is 22.9. The lowest BCUT2D eigenvalue weighted by Crippen LogP contribution is -2.41. The highest BCUT2D eigenvalue weighted by molar-refractivity contribution is 7.89. The van der Waals surface area contributed by atoms with Gasteiger partial charge in [0, 0.05) is 28.6 Å². The average molecular weight is 473 g/mol. The molecule has 1 aliphatic rings. The normalized spacial score (nSPS) is 21.4. The first-order valence-electron chi connectivity index (χ1n) is 10.4. The Morgan fingerprint density at radius 2 is 1.78 bits per heavy atom. The first-order valence-corrected chi connectivity index (χ1v) is 12.3. The van der Waals surface area contributed by atoms with Crippen molar-refractivity contribution in [3.05, 3.63) is 81.6 Å². The number of primary sulfonamides is 1. The van der Waals surface area contributed by atoms with E-state index in [1.165, 1.54) is 22.9 Å². The Labute approximate surface area is 192 Å². The van der Waals surface area contributed by atoms with Crippen LogP contribution in [0.4, 0.5) is 0 Å². The van der Waals surface area contributed by atoms with Crippen molar-refractivity contribution in [1.82, 2.24) is 9.78 Å². The molecule has 1 heterocycles. The maximum absolute atomic E-state index is 12.6. The van der Waals surface area contributed by atoms with Crippen molar-refractivity contribution in [2.45, 2.75) is 42.0 Å². The van der Waals surface area contributed by atoms with Crippen molar-refractivity contribution in [2.24, 2.45) is 10.9 Å². The molecule has 0 spiro atoms. The Hall–Kier alpha value is -2.52. The number of benzene rings is 2. The predicted molar refractivity (Wildman–Crippen MR) is 125 cm³/mol. The number of rotatable bonds is 5. The van der Waals surface area contributed by atoms with Crippen LogP contribution in [0.5, 0.6) is 0 Å². The van der Waals surface area contributed by atoms with Gasteiger partial charge < -0.3 is 5.73 Å². The van der Waals surface area contributed by atoms with Gasteiger partial charge in [0.1, 0.15) is 0 Å². The van der Waals surface area contributed by atoms with Gasteiger partial charge in [-0.05, 0) is 61.6 Å². The highest BCUT2D eigenvalue weighted by Crippen LogP contribution is 2.42. The molecular weight excluding hydrogens is 448 g/mol. The Morgan fingerprint density at radius 1 is 1.06 bits per heavy atom. The number of hydrogen-bond acceptors (Lipinski definition) is 5. The van der Waals surface area contributed by atoms with Gasteiger partial charge in [-0.2, -0.15) is 5.10 Å². The summed E-state index contributed by atoms with van der Waals surface area (Å²) in [6, 6.07) is 17.0. The summed E-state index contributed by atoms with van der Waals surface area (Å²) < 4.78 is 24.9. The fourth-order valence-corrected chi connectivity index (χ4v) is 5.25. The van der Waals surface area contributed by atoms with E-state index in [2.05, 4.69) is 11.2 Å². The Bertz CT molecular complexity index is 1300. The monoisotopic (exact) mass is 472 g/mol. The number of nitrogens with zero attached hydrogens (tertiary/aromatic N) is 2. The minimum Gasteiger partial charge on any atom is -0.330 e. The molecule has 1 saturated carbocycles. The summed E-state index contributed by atoms with van der Waals surface area (Å²) in [6.45, 7) is 0.503. The van der Waals surface area contributed by atoms with Crippen molar-refractivity contribution in [3.8, 4) is 11.3 Å². The van der Waals surface area contributed by atoms with Crippen LogP contribution in [0, 0.1) is 0 Å². The molecule has 3 aromatic rings. The van der Waals surface area contributed by atoms with E-state index in [1.54, 1.807) is 18.2 Å². The molecule has 4 N–H and O–H groups in total. The molecule has 0 saturated heterocycles. The minimum absolute atomic E-state index is 0.00136. The second-order valence-corrected chi connectivity index (χ2v) is 10.3. The van der Waals surface area contributed by atoms with Gasteiger partial charge in [-0.25, -0.2) is 18.2 Å². The van der Waals surface area contributed by atoms with Crippen LogP contribution >= 0.6 is 11.6 Å². The maximum atomic E-state index is 12.6. The number of hydrogen-bond donors (Lipinski definition) is 2. The van der Waals surface area contributed by atoms with Crippen LogP contribution in [0.3, 0.4) is 0 Å². The van der Waals surface area contributed by atoms with Crippen LogP contribution < -0.4 is 16.4 Å². The van der Waals surface area contributed by atoms with E-state index in [-0.39, 0.29) is 21.9 Å².